The van der Waals surface area contributed by atoms with Gasteiger partial charge in [-0.2, -0.15) is 0 Å². The van der Waals surface area contributed by atoms with Gasteiger partial charge in [-0.25, -0.2) is 9.59 Å². The second-order valence-electron chi connectivity index (χ2n) is 8.39. The van der Waals surface area contributed by atoms with Crippen LogP contribution in [0.4, 0.5) is 4.79 Å². The number of aliphatic carboxylic acids is 1. The summed E-state index contributed by atoms with van der Waals surface area (Å²) >= 11 is 0. The Morgan fingerprint density at radius 2 is 1.86 bits per heavy atom. The Balaban J connectivity index is 1.78. The number of benzene rings is 1. The van der Waals surface area contributed by atoms with E-state index in [1.807, 2.05) is 38.1 Å². The highest BCUT2D eigenvalue weighted by molar-refractivity contribution is 7.70. The molecule has 1 aromatic carbocycles. The van der Waals surface area contributed by atoms with E-state index in [1.165, 1.54) is 4.90 Å². The molecule has 0 saturated carbocycles. The van der Waals surface area contributed by atoms with Gasteiger partial charge < -0.3 is 24.8 Å². The number of hydrogen-bond acceptors (Lipinski definition) is 4. The van der Waals surface area contributed by atoms with Crippen molar-refractivity contribution in [2.75, 3.05) is 39.5 Å². The fraction of sp³-hybridized carbons (Fsp3) is 0.619. The number of nitrogens with one attached hydrogen (secondary N) is 1. The average molecular weight is 423 g/mol. The fourth-order valence-corrected chi connectivity index (χ4v) is 4.52. The zero-order chi connectivity index (χ0) is 21.6. The third kappa shape index (κ3) is 6.58. The molecule has 8 heteroatoms. The lowest BCUT2D eigenvalue weighted by atomic mass is 10.0. The molecule has 0 bridgehead atoms. The highest BCUT2D eigenvalue weighted by atomic mass is 31.2. The van der Waals surface area contributed by atoms with Gasteiger partial charge in [0.1, 0.15) is 13.2 Å². The molecule has 2 N–H and O–H groups in total. The number of carbonyl (C=O) groups is 2. The number of carboxylic acid groups (broad SMARTS) is 1. The summed E-state index contributed by atoms with van der Waals surface area (Å²) in [6.45, 7) is 10.5. The molecule has 0 spiro atoms. The first-order valence-corrected chi connectivity index (χ1v) is 12.8. The molecule has 1 fully saturated rings. The van der Waals surface area contributed by atoms with Crippen molar-refractivity contribution in [3.63, 3.8) is 0 Å². The van der Waals surface area contributed by atoms with Crippen LogP contribution in [0.15, 0.2) is 24.3 Å². The molecule has 1 atom stereocenters. The summed E-state index contributed by atoms with van der Waals surface area (Å²) in [5.41, 5.74) is 1.13. The molecule has 0 radical (unpaired) electrons. The van der Waals surface area contributed by atoms with E-state index in [-0.39, 0.29) is 11.9 Å². The first-order valence-electron chi connectivity index (χ1n) is 10.2. The van der Waals surface area contributed by atoms with Gasteiger partial charge in [-0.05, 0) is 44.2 Å². The van der Waals surface area contributed by atoms with Crippen molar-refractivity contribution in [2.45, 2.75) is 39.3 Å². The Kier molecular flexibility index (Phi) is 8.29. The molecule has 1 unspecified atom stereocenters. The minimum absolute atomic E-state index is 0.126. The monoisotopic (exact) mass is 423 g/mol. The Bertz CT molecular complexity index is 745. The Labute approximate surface area is 173 Å². The third-order valence-electron chi connectivity index (χ3n) is 5.23. The summed E-state index contributed by atoms with van der Waals surface area (Å²) in [6.07, 6.45) is 1.59. The number of carbonyl (C=O) groups excluding carboxylic acids is 1. The van der Waals surface area contributed by atoms with E-state index >= 15 is 0 Å². The number of carboxylic acids is 1. The molecule has 1 heterocycles. The molecule has 2 rings (SSSR count). The van der Waals surface area contributed by atoms with Gasteiger partial charge in [-0.15, -0.1) is 0 Å². The van der Waals surface area contributed by atoms with Gasteiger partial charge in [0.15, 0.2) is 0 Å². The van der Waals surface area contributed by atoms with Gasteiger partial charge in [0.2, 0.25) is 0 Å². The van der Waals surface area contributed by atoms with E-state index in [0.29, 0.717) is 26.2 Å². The molecule has 2 amide bonds. The lowest BCUT2D eigenvalue weighted by molar-refractivity contribution is -0.144. The molecular weight excluding hydrogens is 389 g/mol. The van der Waals surface area contributed by atoms with Gasteiger partial charge in [0, 0.05) is 31.5 Å². The largest absolute Gasteiger partial charge is 0.480 e. The van der Waals surface area contributed by atoms with Crippen LogP contribution in [0.2, 0.25) is 0 Å². The van der Waals surface area contributed by atoms with Crippen molar-refractivity contribution < 1.29 is 19.3 Å². The quantitative estimate of drug-likeness (QED) is 0.446. The highest BCUT2D eigenvalue weighted by Crippen LogP contribution is 2.34. The Morgan fingerprint density at radius 1 is 1.21 bits per heavy atom. The maximum Gasteiger partial charge on any atom is 0.326 e. The predicted octanol–water partition coefficient (Wildman–Crippen LogP) is 2.65. The molecule has 1 aliphatic heterocycles. The molecule has 1 saturated heterocycles. The molecule has 29 heavy (non-hydrogen) atoms. The number of hydrogen-bond donors (Lipinski definition) is 2. The van der Waals surface area contributed by atoms with E-state index in [9.17, 15) is 19.3 Å². The smallest absolute Gasteiger partial charge is 0.326 e. The second-order valence-corrected chi connectivity index (χ2v) is 11.6. The fourth-order valence-electron chi connectivity index (χ4n) is 3.65. The standard InChI is InChI=1S/C21H34N3O4P/c1-16(2)19(20(25)26)24-14-6-13-23(21(24)27)12-5-11-22-15-17-7-9-18(10-8-17)29(3,4)28/h7-10,16,19,22H,5-6,11-15H2,1-4H3,(H,25,26). The number of nitrogens with zero attached hydrogens (tertiary/aromatic N) is 2. The van der Waals surface area contributed by atoms with E-state index in [1.54, 1.807) is 18.2 Å². The maximum atomic E-state index is 12.7. The minimum atomic E-state index is -2.22. The highest BCUT2D eigenvalue weighted by Gasteiger charge is 2.36. The number of amides is 2. The maximum absolute atomic E-state index is 12.7. The van der Waals surface area contributed by atoms with Gasteiger partial charge in [-0.1, -0.05) is 38.1 Å². The van der Waals surface area contributed by atoms with Crippen LogP contribution < -0.4 is 10.6 Å². The summed E-state index contributed by atoms with van der Waals surface area (Å²) in [6, 6.07) is 6.89. The van der Waals surface area contributed by atoms with Gasteiger partial charge in [0.05, 0.1) is 0 Å². The van der Waals surface area contributed by atoms with Gasteiger partial charge >= 0.3 is 12.0 Å². The summed E-state index contributed by atoms with van der Waals surface area (Å²) in [5, 5.41) is 13.7. The van der Waals surface area contributed by atoms with Crippen LogP contribution in [0.1, 0.15) is 32.3 Å². The van der Waals surface area contributed by atoms with Gasteiger partial charge in [0.25, 0.3) is 0 Å². The third-order valence-corrected chi connectivity index (χ3v) is 6.77. The van der Waals surface area contributed by atoms with Crippen LogP contribution in [0.25, 0.3) is 0 Å². The lowest BCUT2D eigenvalue weighted by Crippen LogP contribution is -2.57. The zero-order valence-electron chi connectivity index (χ0n) is 17.9. The van der Waals surface area contributed by atoms with Crippen molar-refractivity contribution in [2.24, 2.45) is 5.92 Å². The molecule has 1 aliphatic rings. The normalized spacial score (nSPS) is 16.4. The Morgan fingerprint density at radius 3 is 2.41 bits per heavy atom. The van der Waals surface area contributed by atoms with Crippen LogP contribution in [0.5, 0.6) is 0 Å². The summed E-state index contributed by atoms with van der Waals surface area (Å²) < 4.78 is 12.1. The summed E-state index contributed by atoms with van der Waals surface area (Å²) in [7, 11) is -2.22. The topological polar surface area (TPSA) is 89.9 Å². The number of rotatable bonds is 10. The molecule has 1 aromatic rings. The molecule has 0 aromatic heterocycles. The average Bonchev–Trinajstić information content (AvgIpc) is 2.63. The van der Waals surface area contributed by atoms with Crippen LogP contribution >= 0.6 is 7.14 Å². The summed E-state index contributed by atoms with van der Waals surface area (Å²) in [5.74, 6) is -1.07. The van der Waals surface area contributed by atoms with E-state index in [4.69, 9.17) is 0 Å². The first kappa shape index (κ1) is 23.4. The van der Waals surface area contributed by atoms with E-state index in [0.717, 1.165) is 30.3 Å². The van der Waals surface area contributed by atoms with Crippen LogP contribution in [0.3, 0.4) is 0 Å². The van der Waals surface area contributed by atoms with Crippen LogP contribution in [0, 0.1) is 5.92 Å². The van der Waals surface area contributed by atoms with Gasteiger partial charge in [-0.3, -0.25) is 0 Å². The van der Waals surface area contributed by atoms with E-state index in [2.05, 4.69) is 5.32 Å². The van der Waals surface area contributed by atoms with Crippen molar-refractivity contribution in [1.29, 1.82) is 0 Å². The first-order chi connectivity index (χ1) is 13.6. The molecule has 0 aliphatic carbocycles. The van der Waals surface area contributed by atoms with Crippen molar-refractivity contribution in [3.8, 4) is 0 Å². The summed E-state index contributed by atoms with van der Waals surface area (Å²) in [4.78, 5) is 27.6. The SMILES string of the molecule is CC(C)C(C(=O)O)N1CCCN(CCCNCc2ccc(P(C)(C)=O)cc2)C1=O. The Hall–Kier alpha value is -1.85. The predicted molar refractivity (Wildman–Crippen MR) is 116 cm³/mol. The van der Waals surface area contributed by atoms with Crippen molar-refractivity contribution in [3.05, 3.63) is 29.8 Å². The van der Waals surface area contributed by atoms with E-state index < -0.39 is 19.2 Å². The molecular formula is C21H34N3O4P. The second kappa shape index (κ2) is 10.3. The molecule has 162 valence electrons. The van der Waals surface area contributed by atoms with Crippen molar-refractivity contribution in [1.82, 2.24) is 15.1 Å². The lowest BCUT2D eigenvalue weighted by Gasteiger charge is -2.40. The van der Waals surface area contributed by atoms with Crippen LogP contribution in [-0.4, -0.2) is 72.5 Å². The van der Waals surface area contributed by atoms with Crippen LogP contribution in [-0.2, 0) is 15.9 Å². The zero-order valence-corrected chi connectivity index (χ0v) is 18.8. The van der Waals surface area contributed by atoms with Crippen molar-refractivity contribution >= 4 is 24.4 Å². The molecule has 7 nitrogen and oxygen atoms in total. The number of urea groups is 1. The minimum Gasteiger partial charge on any atom is -0.480 e.